The molecular weight excluding hydrogens is 200 g/mol. The van der Waals surface area contributed by atoms with E-state index in [4.69, 9.17) is 21.1 Å². The fourth-order valence-corrected chi connectivity index (χ4v) is 3.44. The molecular formula is C11H19ClO2. The SMILES string of the molecule is COC1CCCC1C1(CCl)CCOC1. The summed E-state index contributed by atoms with van der Waals surface area (Å²) in [5.74, 6) is 1.34. The second kappa shape index (κ2) is 4.38. The second-order valence-electron chi connectivity index (χ2n) is 4.61. The standard InChI is InChI=1S/C11H19ClO2/c1-13-10-4-2-3-9(10)11(7-12)5-6-14-8-11/h9-10H,2-8H2,1H3. The van der Waals surface area contributed by atoms with Crippen molar-refractivity contribution in [3.05, 3.63) is 0 Å². The molecule has 0 spiro atoms. The third-order valence-electron chi connectivity index (χ3n) is 3.94. The zero-order valence-electron chi connectivity index (χ0n) is 8.80. The Morgan fingerprint density at radius 2 is 2.36 bits per heavy atom. The number of alkyl halides is 1. The van der Waals surface area contributed by atoms with E-state index in [0.29, 0.717) is 12.0 Å². The first-order valence-electron chi connectivity index (χ1n) is 5.49. The lowest BCUT2D eigenvalue weighted by molar-refractivity contribution is 0.00943. The van der Waals surface area contributed by atoms with E-state index in [0.717, 1.165) is 25.5 Å². The van der Waals surface area contributed by atoms with E-state index in [-0.39, 0.29) is 5.41 Å². The highest BCUT2D eigenvalue weighted by atomic mass is 35.5. The van der Waals surface area contributed by atoms with E-state index in [1.54, 1.807) is 0 Å². The fourth-order valence-electron chi connectivity index (χ4n) is 3.03. The normalized spacial score (nSPS) is 43.3. The third-order valence-corrected chi connectivity index (χ3v) is 4.47. The Labute approximate surface area is 90.9 Å². The van der Waals surface area contributed by atoms with Crippen LogP contribution in [0.2, 0.25) is 0 Å². The van der Waals surface area contributed by atoms with Crippen LogP contribution in [0.15, 0.2) is 0 Å². The topological polar surface area (TPSA) is 18.5 Å². The fraction of sp³-hybridized carbons (Fsp3) is 1.00. The summed E-state index contributed by atoms with van der Waals surface area (Å²) in [5, 5.41) is 0. The first kappa shape index (κ1) is 10.7. The summed E-state index contributed by atoms with van der Waals surface area (Å²) in [6.45, 7) is 1.71. The summed E-state index contributed by atoms with van der Waals surface area (Å²) < 4.78 is 11.1. The predicted octanol–water partition coefficient (Wildman–Crippen LogP) is 2.45. The smallest absolute Gasteiger partial charge is 0.0606 e. The number of rotatable bonds is 3. The molecule has 1 heterocycles. The van der Waals surface area contributed by atoms with Crippen LogP contribution in [0.25, 0.3) is 0 Å². The van der Waals surface area contributed by atoms with Crippen LogP contribution in [0.3, 0.4) is 0 Å². The molecule has 2 rings (SSSR count). The van der Waals surface area contributed by atoms with Gasteiger partial charge >= 0.3 is 0 Å². The summed E-state index contributed by atoms with van der Waals surface area (Å²) in [6.07, 6.45) is 5.26. The van der Waals surface area contributed by atoms with E-state index in [2.05, 4.69) is 0 Å². The van der Waals surface area contributed by atoms with Crippen LogP contribution in [0, 0.1) is 11.3 Å². The third kappa shape index (κ3) is 1.68. The monoisotopic (exact) mass is 218 g/mol. The lowest BCUT2D eigenvalue weighted by atomic mass is 9.74. The van der Waals surface area contributed by atoms with E-state index in [9.17, 15) is 0 Å². The molecule has 0 N–H and O–H groups in total. The molecule has 82 valence electrons. The zero-order valence-corrected chi connectivity index (χ0v) is 9.55. The minimum absolute atomic E-state index is 0.207. The van der Waals surface area contributed by atoms with Crippen LogP contribution in [-0.2, 0) is 9.47 Å². The summed E-state index contributed by atoms with van der Waals surface area (Å²) >= 11 is 6.13. The van der Waals surface area contributed by atoms with E-state index < -0.39 is 0 Å². The van der Waals surface area contributed by atoms with Crippen LogP contribution in [0.5, 0.6) is 0 Å². The molecule has 2 fully saturated rings. The van der Waals surface area contributed by atoms with Gasteiger partial charge in [-0.15, -0.1) is 11.6 Å². The van der Waals surface area contributed by atoms with Gasteiger partial charge in [0.25, 0.3) is 0 Å². The second-order valence-corrected chi connectivity index (χ2v) is 4.88. The highest BCUT2D eigenvalue weighted by Gasteiger charge is 2.47. The molecule has 3 atom stereocenters. The van der Waals surface area contributed by atoms with Crippen molar-refractivity contribution in [2.45, 2.75) is 31.8 Å². The largest absolute Gasteiger partial charge is 0.381 e. The van der Waals surface area contributed by atoms with Crippen molar-refractivity contribution in [1.29, 1.82) is 0 Å². The molecule has 14 heavy (non-hydrogen) atoms. The highest BCUT2D eigenvalue weighted by molar-refractivity contribution is 6.18. The molecule has 0 bridgehead atoms. The maximum absolute atomic E-state index is 6.13. The number of hydrogen-bond donors (Lipinski definition) is 0. The van der Waals surface area contributed by atoms with Crippen molar-refractivity contribution in [1.82, 2.24) is 0 Å². The lowest BCUT2D eigenvalue weighted by Gasteiger charge is -2.35. The van der Waals surface area contributed by atoms with E-state index in [1.165, 1.54) is 19.3 Å². The van der Waals surface area contributed by atoms with Gasteiger partial charge in [0.1, 0.15) is 0 Å². The van der Waals surface area contributed by atoms with Crippen molar-refractivity contribution in [2.24, 2.45) is 11.3 Å². The van der Waals surface area contributed by atoms with Gasteiger partial charge < -0.3 is 9.47 Å². The number of ether oxygens (including phenoxy) is 2. The van der Waals surface area contributed by atoms with Gasteiger partial charge in [0.2, 0.25) is 0 Å². The Balaban J connectivity index is 2.10. The molecule has 0 aromatic rings. The summed E-state index contributed by atoms with van der Waals surface area (Å²) in [5.41, 5.74) is 0.207. The Hall–Kier alpha value is 0.210. The van der Waals surface area contributed by atoms with Gasteiger partial charge in [-0.25, -0.2) is 0 Å². The van der Waals surface area contributed by atoms with Crippen molar-refractivity contribution < 1.29 is 9.47 Å². The van der Waals surface area contributed by atoms with Gasteiger partial charge in [0.05, 0.1) is 12.7 Å². The zero-order chi connectivity index (χ0) is 10.0. The van der Waals surface area contributed by atoms with E-state index >= 15 is 0 Å². The molecule has 2 aliphatic rings. The van der Waals surface area contributed by atoms with Crippen LogP contribution in [0.4, 0.5) is 0 Å². The Morgan fingerprint density at radius 1 is 1.50 bits per heavy atom. The van der Waals surface area contributed by atoms with Gasteiger partial charge in [-0.05, 0) is 25.2 Å². The summed E-state index contributed by atoms with van der Waals surface area (Å²) in [7, 11) is 1.82. The van der Waals surface area contributed by atoms with Crippen molar-refractivity contribution in [2.75, 3.05) is 26.2 Å². The molecule has 3 unspecified atom stereocenters. The average molecular weight is 219 g/mol. The van der Waals surface area contributed by atoms with Crippen LogP contribution in [0.1, 0.15) is 25.7 Å². The minimum atomic E-state index is 0.207. The van der Waals surface area contributed by atoms with Crippen molar-refractivity contribution in [3.8, 4) is 0 Å². The molecule has 1 aliphatic heterocycles. The Kier molecular flexibility index (Phi) is 3.35. The van der Waals surface area contributed by atoms with Gasteiger partial charge in [0, 0.05) is 25.0 Å². The Morgan fingerprint density at radius 3 is 2.93 bits per heavy atom. The van der Waals surface area contributed by atoms with Crippen molar-refractivity contribution in [3.63, 3.8) is 0 Å². The lowest BCUT2D eigenvalue weighted by Crippen LogP contribution is -2.38. The van der Waals surface area contributed by atoms with Crippen LogP contribution >= 0.6 is 11.6 Å². The number of methoxy groups -OCH3 is 1. The highest BCUT2D eigenvalue weighted by Crippen LogP contribution is 2.46. The molecule has 0 radical (unpaired) electrons. The minimum Gasteiger partial charge on any atom is -0.381 e. The molecule has 2 nitrogen and oxygen atoms in total. The maximum Gasteiger partial charge on any atom is 0.0606 e. The van der Waals surface area contributed by atoms with Gasteiger partial charge in [-0.3, -0.25) is 0 Å². The molecule has 0 amide bonds. The van der Waals surface area contributed by atoms with Gasteiger partial charge in [-0.2, -0.15) is 0 Å². The molecule has 0 aromatic heterocycles. The van der Waals surface area contributed by atoms with Gasteiger partial charge in [-0.1, -0.05) is 6.42 Å². The molecule has 1 saturated carbocycles. The average Bonchev–Trinajstić information content (AvgIpc) is 2.86. The first-order chi connectivity index (χ1) is 6.82. The summed E-state index contributed by atoms with van der Waals surface area (Å²) in [6, 6.07) is 0. The number of halogens is 1. The summed E-state index contributed by atoms with van der Waals surface area (Å²) in [4.78, 5) is 0. The molecule has 1 aliphatic carbocycles. The predicted molar refractivity (Wildman–Crippen MR) is 56.7 cm³/mol. The van der Waals surface area contributed by atoms with Crippen LogP contribution in [-0.4, -0.2) is 32.3 Å². The Bertz CT molecular complexity index is 190. The maximum atomic E-state index is 6.13. The molecule has 1 saturated heterocycles. The van der Waals surface area contributed by atoms with E-state index in [1.807, 2.05) is 7.11 Å². The molecule has 3 heteroatoms. The van der Waals surface area contributed by atoms with Crippen LogP contribution < -0.4 is 0 Å². The quantitative estimate of drug-likeness (QED) is 0.678. The van der Waals surface area contributed by atoms with Crippen molar-refractivity contribution >= 4 is 11.6 Å². The molecule has 0 aromatic carbocycles. The number of hydrogen-bond acceptors (Lipinski definition) is 2. The first-order valence-corrected chi connectivity index (χ1v) is 6.02. The van der Waals surface area contributed by atoms with Gasteiger partial charge in [0.15, 0.2) is 0 Å².